The summed E-state index contributed by atoms with van der Waals surface area (Å²) < 4.78 is 7.57. The third-order valence-electron chi connectivity index (χ3n) is 3.86. The molecule has 1 aliphatic heterocycles. The smallest absolute Gasteiger partial charge is 0.0800 e. The number of hydrogen-bond donors (Lipinski definition) is 0. The van der Waals surface area contributed by atoms with Gasteiger partial charge in [0.05, 0.1) is 18.0 Å². The first kappa shape index (κ1) is 14.2. The number of pyridine rings is 1. The van der Waals surface area contributed by atoms with E-state index in [0.29, 0.717) is 5.92 Å². The number of ether oxygens (including phenoxy) is 1. The van der Waals surface area contributed by atoms with Crippen molar-refractivity contribution in [1.29, 1.82) is 0 Å². The van der Waals surface area contributed by atoms with Crippen molar-refractivity contribution >= 4 is 0 Å². The quantitative estimate of drug-likeness (QED) is 0.842. The summed E-state index contributed by atoms with van der Waals surface area (Å²) >= 11 is 0. The third-order valence-corrected chi connectivity index (χ3v) is 3.86. The first-order valence-electron chi connectivity index (χ1n) is 7.48. The van der Waals surface area contributed by atoms with Crippen molar-refractivity contribution < 1.29 is 4.74 Å². The summed E-state index contributed by atoms with van der Waals surface area (Å²) in [4.78, 5) is 6.83. The number of fused-ring (bicyclic) bond motifs is 1. The number of hydrogen-bond acceptors (Lipinski definition) is 4. The molecule has 0 aliphatic carbocycles. The van der Waals surface area contributed by atoms with Gasteiger partial charge in [-0.1, -0.05) is 6.07 Å². The molecule has 1 unspecified atom stereocenters. The van der Waals surface area contributed by atoms with E-state index in [-0.39, 0.29) is 0 Å². The molecule has 3 rings (SSSR count). The lowest BCUT2D eigenvalue weighted by Gasteiger charge is -2.31. The van der Waals surface area contributed by atoms with Gasteiger partial charge in [-0.3, -0.25) is 14.6 Å². The van der Waals surface area contributed by atoms with Crippen LogP contribution in [0.2, 0.25) is 0 Å². The zero-order valence-electron chi connectivity index (χ0n) is 12.7. The number of aromatic nitrogens is 3. The SMILES string of the molecule is CCOCC1CN(Cc2ccccn2)Cc2nn(C)cc21. The topological polar surface area (TPSA) is 43.2 Å². The monoisotopic (exact) mass is 286 g/mol. The zero-order valence-corrected chi connectivity index (χ0v) is 12.7. The van der Waals surface area contributed by atoms with Gasteiger partial charge in [-0.25, -0.2) is 0 Å². The standard InChI is InChI=1S/C16H22N4O/c1-3-21-12-13-8-20(9-14-6-4-5-7-17-14)11-16-15(13)10-19(2)18-16/h4-7,10,13H,3,8-9,11-12H2,1-2H3. The van der Waals surface area contributed by atoms with E-state index in [1.54, 1.807) is 0 Å². The normalized spacial score (nSPS) is 18.7. The number of rotatable bonds is 5. The summed E-state index contributed by atoms with van der Waals surface area (Å²) in [7, 11) is 1.99. The average Bonchev–Trinajstić information content (AvgIpc) is 2.86. The Hall–Kier alpha value is -1.72. The molecule has 112 valence electrons. The fraction of sp³-hybridized carbons (Fsp3) is 0.500. The molecule has 1 atom stereocenters. The molecule has 1 aliphatic rings. The highest BCUT2D eigenvalue weighted by Crippen LogP contribution is 2.28. The third kappa shape index (κ3) is 3.31. The van der Waals surface area contributed by atoms with Crippen LogP contribution in [0.4, 0.5) is 0 Å². The van der Waals surface area contributed by atoms with Gasteiger partial charge in [0.1, 0.15) is 0 Å². The molecule has 0 radical (unpaired) electrons. The van der Waals surface area contributed by atoms with E-state index < -0.39 is 0 Å². The summed E-state index contributed by atoms with van der Waals surface area (Å²) in [5, 5.41) is 4.60. The van der Waals surface area contributed by atoms with E-state index >= 15 is 0 Å². The fourth-order valence-corrected chi connectivity index (χ4v) is 2.95. The molecule has 0 saturated carbocycles. The van der Waals surface area contributed by atoms with Gasteiger partial charge in [0.15, 0.2) is 0 Å². The lowest BCUT2D eigenvalue weighted by molar-refractivity contribution is 0.104. The minimum Gasteiger partial charge on any atom is -0.381 e. The lowest BCUT2D eigenvalue weighted by Crippen LogP contribution is -2.35. The first-order valence-corrected chi connectivity index (χ1v) is 7.48. The second kappa shape index (κ2) is 6.37. The Kier molecular flexibility index (Phi) is 4.31. The Morgan fingerprint density at radius 2 is 2.29 bits per heavy atom. The van der Waals surface area contributed by atoms with E-state index in [0.717, 1.165) is 38.5 Å². The van der Waals surface area contributed by atoms with Crippen molar-refractivity contribution in [2.24, 2.45) is 7.05 Å². The zero-order chi connectivity index (χ0) is 14.7. The van der Waals surface area contributed by atoms with Crippen LogP contribution in [0.5, 0.6) is 0 Å². The van der Waals surface area contributed by atoms with Crippen molar-refractivity contribution in [3.8, 4) is 0 Å². The molecule has 21 heavy (non-hydrogen) atoms. The minimum absolute atomic E-state index is 0.395. The summed E-state index contributed by atoms with van der Waals surface area (Å²) in [6.45, 7) is 6.29. The average molecular weight is 286 g/mol. The maximum absolute atomic E-state index is 5.66. The van der Waals surface area contributed by atoms with Crippen LogP contribution in [0.15, 0.2) is 30.6 Å². The molecule has 0 amide bonds. The van der Waals surface area contributed by atoms with Crippen LogP contribution in [0.1, 0.15) is 29.8 Å². The van der Waals surface area contributed by atoms with Gasteiger partial charge in [-0.15, -0.1) is 0 Å². The molecule has 0 bridgehead atoms. The molecule has 3 heterocycles. The molecule has 5 nitrogen and oxygen atoms in total. The van der Waals surface area contributed by atoms with Crippen LogP contribution in [-0.2, 0) is 24.9 Å². The van der Waals surface area contributed by atoms with E-state index in [4.69, 9.17) is 4.74 Å². The molecular weight excluding hydrogens is 264 g/mol. The van der Waals surface area contributed by atoms with Crippen molar-refractivity contribution in [2.45, 2.75) is 25.9 Å². The largest absolute Gasteiger partial charge is 0.381 e. The van der Waals surface area contributed by atoms with Gasteiger partial charge >= 0.3 is 0 Å². The fourth-order valence-electron chi connectivity index (χ4n) is 2.95. The first-order chi connectivity index (χ1) is 10.3. The van der Waals surface area contributed by atoms with Crippen LogP contribution < -0.4 is 0 Å². The molecule has 0 aromatic carbocycles. The Balaban J connectivity index is 1.76. The maximum Gasteiger partial charge on any atom is 0.0800 e. The van der Waals surface area contributed by atoms with Crippen molar-refractivity contribution in [2.75, 3.05) is 19.8 Å². The molecule has 2 aromatic rings. The second-order valence-corrected chi connectivity index (χ2v) is 5.55. The predicted molar refractivity (Wildman–Crippen MR) is 80.8 cm³/mol. The minimum atomic E-state index is 0.395. The van der Waals surface area contributed by atoms with Crippen LogP contribution in [0.3, 0.4) is 0 Å². The van der Waals surface area contributed by atoms with Gasteiger partial charge < -0.3 is 4.74 Å². The van der Waals surface area contributed by atoms with Gasteiger partial charge in [-0.2, -0.15) is 5.10 Å². The van der Waals surface area contributed by atoms with E-state index in [1.807, 2.05) is 37.0 Å². The molecule has 2 aromatic heterocycles. The molecule has 5 heteroatoms. The van der Waals surface area contributed by atoms with Crippen molar-refractivity contribution in [3.63, 3.8) is 0 Å². The van der Waals surface area contributed by atoms with E-state index in [1.165, 1.54) is 11.3 Å². The Labute approximate surface area is 125 Å². The van der Waals surface area contributed by atoms with E-state index in [2.05, 4.69) is 27.2 Å². The predicted octanol–water partition coefficient (Wildman–Crippen LogP) is 1.95. The highest BCUT2D eigenvalue weighted by Gasteiger charge is 2.28. The van der Waals surface area contributed by atoms with Gasteiger partial charge in [0.2, 0.25) is 0 Å². The van der Waals surface area contributed by atoms with E-state index in [9.17, 15) is 0 Å². The second-order valence-electron chi connectivity index (χ2n) is 5.55. The maximum atomic E-state index is 5.66. The molecule has 0 spiro atoms. The summed E-state index contributed by atoms with van der Waals surface area (Å²) in [6.07, 6.45) is 3.99. The number of aryl methyl sites for hydroxylation is 1. The Morgan fingerprint density at radius 3 is 3.05 bits per heavy atom. The van der Waals surface area contributed by atoms with Crippen molar-refractivity contribution in [1.82, 2.24) is 19.7 Å². The Morgan fingerprint density at radius 1 is 1.38 bits per heavy atom. The van der Waals surface area contributed by atoms with Gasteiger partial charge in [0, 0.05) is 57.2 Å². The lowest BCUT2D eigenvalue weighted by atomic mass is 9.95. The van der Waals surface area contributed by atoms with Crippen LogP contribution in [-0.4, -0.2) is 39.4 Å². The Bertz CT molecular complexity index is 581. The van der Waals surface area contributed by atoms with Gasteiger partial charge in [0.25, 0.3) is 0 Å². The van der Waals surface area contributed by atoms with Crippen molar-refractivity contribution in [3.05, 3.63) is 47.5 Å². The molecule has 0 fully saturated rings. The highest BCUT2D eigenvalue weighted by molar-refractivity contribution is 5.25. The highest BCUT2D eigenvalue weighted by atomic mass is 16.5. The summed E-state index contributed by atoms with van der Waals surface area (Å²) in [5.74, 6) is 0.395. The van der Waals surface area contributed by atoms with Gasteiger partial charge in [-0.05, 0) is 19.1 Å². The van der Waals surface area contributed by atoms with Crippen LogP contribution in [0.25, 0.3) is 0 Å². The summed E-state index contributed by atoms with van der Waals surface area (Å²) in [6, 6.07) is 6.07. The van der Waals surface area contributed by atoms with Crippen LogP contribution >= 0.6 is 0 Å². The summed E-state index contributed by atoms with van der Waals surface area (Å²) in [5.41, 5.74) is 3.61. The molecular formula is C16H22N4O. The number of nitrogens with zero attached hydrogens (tertiary/aromatic N) is 4. The van der Waals surface area contributed by atoms with Crippen LogP contribution in [0, 0.1) is 0 Å². The molecule has 0 saturated heterocycles. The molecule has 0 N–H and O–H groups in total.